The third-order valence-electron chi connectivity index (χ3n) is 2.80. The quantitative estimate of drug-likeness (QED) is 0.911. The minimum absolute atomic E-state index is 0.0266. The number of methoxy groups -OCH3 is 1. The Labute approximate surface area is 114 Å². The topological polar surface area (TPSA) is 68.4 Å². The predicted octanol–water partition coefficient (Wildman–Crippen LogP) is 2.22. The number of rotatable bonds is 5. The molecule has 0 bridgehead atoms. The first-order valence-electron chi connectivity index (χ1n) is 5.95. The highest BCUT2D eigenvalue weighted by molar-refractivity contribution is 5.58. The molecule has 1 atom stereocenters. The molecule has 7 heteroatoms. The maximum atomic E-state index is 12.2. The third-order valence-corrected chi connectivity index (χ3v) is 2.80. The minimum Gasteiger partial charge on any atom is -0.496 e. The molecule has 2 rings (SSSR count). The Balaban J connectivity index is 2.18. The zero-order valence-electron chi connectivity index (χ0n) is 11.0. The molecule has 0 saturated heterocycles. The largest absolute Gasteiger partial charge is 0.496 e. The van der Waals surface area contributed by atoms with Crippen LogP contribution in [-0.4, -0.2) is 34.9 Å². The van der Waals surface area contributed by atoms with Crippen LogP contribution >= 0.6 is 0 Å². The lowest BCUT2D eigenvalue weighted by molar-refractivity contribution is -0.00754. The van der Waals surface area contributed by atoms with E-state index in [1.54, 1.807) is 25.3 Å². The Morgan fingerprint density at radius 2 is 2.15 bits per heavy atom. The summed E-state index contributed by atoms with van der Waals surface area (Å²) in [6.45, 7) is 1.86. The van der Waals surface area contributed by atoms with Crippen molar-refractivity contribution in [2.45, 2.75) is 25.9 Å². The molecule has 0 aliphatic rings. The second kappa shape index (κ2) is 5.96. The van der Waals surface area contributed by atoms with Crippen molar-refractivity contribution < 1.29 is 23.1 Å². The van der Waals surface area contributed by atoms with Crippen molar-refractivity contribution in [1.29, 1.82) is 0 Å². The van der Waals surface area contributed by atoms with Gasteiger partial charge < -0.3 is 14.4 Å². The molecule has 1 unspecified atom stereocenters. The van der Waals surface area contributed by atoms with E-state index in [-0.39, 0.29) is 18.1 Å². The van der Waals surface area contributed by atoms with Gasteiger partial charge in [0, 0.05) is 5.56 Å². The van der Waals surface area contributed by atoms with E-state index in [2.05, 4.69) is 10.1 Å². The van der Waals surface area contributed by atoms with Crippen LogP contribution < -0.4 is 4.74 Å². The summed E-state index contributed by atoms with van der Waals surface area (Å²) in [7, 11) is 1.57. The first-order chi connectivity index (χ1) is 9.51. The molecule has 0 amide bonds. The smallest absolute Gasteiger partial charge is 0.264 e. The van der Waals surface area contributed by atoms with Crippen LogP contribution in [0.1, 0.15) is 11.5 Å². The second-order valence-electron chi connectivity index (χ2n) is 4.30. The van der Waals surface area contributed by atoms with Gasteiger partial charge in [-0.3, -0.25) is 0 Å². The van der Waals surface area contributed by atoms with Gasteiger partial charge in [-0.25, -0.2) is 8.78 Å². The molecule has 1 aromatic carbocycles. The van der Waals surface area contributed by atoms with Crippen LogP contribution in [0.4, 0.5) is 8.78 Å². The Bertz CT molecular complexity index is 587. The van der Waals surface area contributed by atoms with Gasteiger partial charge in [-0.2, -0.15) is 4.98 Å². The number of aryl methyl sites for hydroxylation is 1. The zero-order chi connectivity index (χ0) is 14.7. The SMILES string of the molecule is COc1ccc(-c2noc(CC(O)C(F)F)n2)cc1C. The lowest BCUT2D eigenvalue weighted by Gasteiger charge is -2.05. The van der Waals surface area contributed by atoms with E-state index < -0.39 is 12.5 Å². The number of aliphatic hydroxyl groups is 1. The summed E-state index contributed by atoms with van der Waals surface area (Å²) in [5.41, 5.74) is 1.58. The molecule has 0 radical (unpaired) electrons. The number of aromatic nitrogens is 2. The van der Waals surface area contributed by atoms with Crippen LogP contribution in [0, 0.1) is 6.92 Å². The predicted molar refractivity (Wildman–Crippen MR) is 66.7 cm³/mol. The van der Waals surface area contributed by atoms with Crippen LogP contribution in [0.15, 0.2) is 22.7 Å². The molecule has 2 aromatic rings. The summed E-state index contributed by atoms with van der Waals surface area (Å²) in [5.74, 6) is 0.985. The third kappa shape index (κ3) is 3.11. The van der Waals surface area contributed by atoms with E-state index in [0.717, 1.165) is 11.3 Å². The minimum atomic E-state index is -2.84. The molecular formula is C13H14F2N2O3. The van der Waals surface area contributed by atoms with E-state index in [4.69, 9.17) is 14.4 Å². The van der Waals surface area contributed by atoms with Gasteiger partial charge in [0.15, 0.2) is 0 Å². The van der Waals surface area contributed by atoms with Crippen LogP contribution in [0.2, 0.25) is 0 Å². The molecular weight excluding hydrogens is 270 g/mol. The summed E-state index contributed by atoms with van der Waals surface area (Å²) >= 11 is 0. The Hall–Kier alpha value is -2.02. The Kier molecular flexibility index (Phi) is 4.29. The number of aliphatic hydroxyl groups excluding tert-OH is 1. The van der Waals surface area contributed by atoms with Gasteiger partial charge in [-0.15, -0.1) is 0 Å². The summed E-state index contributed by atoms with van der Waals surface area (Å²) in [5, 5.41) is 12.8. The molecule has 0 spiro atoms. The van der Waals surface area contributed by atoms with Gasteiger partial charge in [0.1, 0.15) is 11.9 Å². The first-order valence-corrected chi connectivity index (χ1v) is 5.95. The fraction of sp³-hybridized carbons (Fsp3) is 0.385. The monoisotopic (exact) mass is 284 g/mol. The first kappa shape index (κ1) is 14.4. The molecule has 0 aliphatic heterocycles. The number of nitrogens with zero attached hydrogens (tertiary/aromatic N) is 2. The van der Waals surface area contributed by atoms with Gasteiger partial charge in [0.25, 0.3) is 6.43 Å². The molecule has 0 fully saturated rings. The number of ether oxygens (including phenoxy) is 1. The molecule has 0 aliphatic carbocycles. The fourth-order valence-electron chi connectivity index (χ4n) is 1.74. The lowest BCUT2D eigenvalue weighted by atomic mass is 10.1. The van der Waals surface area contributed by atoms with Gasteiger partial charge in [-0.1, -0.05) is 5.16 Å². The summed E-state index contributed by atoms with van der Waals surface area (Å²) in [6.07, 6.45) is -5.02. The molecule has 1 heterocycles. The lowest BCUT2D eigenvalue weighted by Crippen LogP contribution is -2.20. The molecule has 108 valence electrons. The van der Waals surface area contributed by atoms with Gasteiger partial charge in [-0.05, 0) is 30.7 Å². The van der Waals surface area contributed by atoms with Gasteiger partial charge in [0.05, 0.1) is 13.5 Å². The molecule has 1 aromatic heterocycles. The van der Waals surface area contributed by atoms with Crippen LogP contribution in [0.3, 0.4) is 0 Å². The maximum Gasteiger partial charge on any atom is 0.264 e. The normalized spacial score (nSPS) is 12.7. The van der Waals surface area contributed by atoms with E-state index in [1.165, 1.54) is 0 Å². The van der Waals surface area contributed by atoms with E-state index in [0.29, 0.717) is 5.56 Å². The number of halogens is 2. The maximum absolute atomic E-state index is 12.2. The molecule has 0 saturated carbocycles. The highest BCUT2D eigenvalue weighted by atomic mass is 19.3. The highest BCUT2D eigenvalue weighted by Gasteiger charge is 2.21. The van der Waals surface area contributed by atoms with Crippen molar-refractivity contribution in [3.05, 3.63) is 29.7 Å². The molecule has 20 heavy (non-hydrogen) atoms. The van der Waals surface area contributed by atoms with Crippen molar-refractivity contribution >= 4 is 0 Å². The van der Waals surface area contributed by atoms with E-state index in [1.807, 2.05) is 6.92 Å². The van der Waals surface area contributed by atoms with E-state index in [9.17, 15) is 8.78 Å². The molecule has 1 N–H and O–H groups in total. The average Bonchev–Trinajstić information content (AvgIpc) is 2.87. The van der Waals surface area contributed by atoms with Crippen molar-refractivity contribution in [2.75, 3.05) is 7.11 Å². The van der Waals surface area contributed by atoms with Crippen LogP contribution in [-0.2, 0) is 6.42 Å². The standard InChI is InChI=1S/C13H14F2N2O3/c1-7-5-8(3-4-10(7)19-2)13-16-11(20-17-13)6-9(18)12(14)15/h3-5,9,12,18H,6H2,1-2H3. The summed E-state index contributed by atoms with van der Waals surface area (Å²) < 4.78 is 34.4. The second-order valence-corrected chi connectivity index (χ2v) is 4.30. The number of hydrogen-bond acceptors (Lipinski definition) is 5. The van der Waals surface area contributed by atoms with E-state index >= 15 is 0 Å². The Morgan fingerprint density at radius 3 is 2.75 bits per heavy atom. The highest BCUT2D eigenvalue weighted by Crippen LogP contribution is 2.24. The van der Waals surface area contributed by atoms with Crippen molar-refractivity contribution in [1.82, 2.24) is 10.1 Å². The number of hydrogen-bond donors (Lipinski definition) is 1. The Morgan fingerprint density at radius 1 is 1.40 bits per heavy atom. The summed E-state index contributed by atoms with van der Waals surface area (Å²) in [4.78, 5) is 3.99. The van der Waals surface area contributed by atoms with Crippen LogP contribution in [0.25, 0.3) is 11.4 Å². The van der Waals surface area contributed by atoms with Crippen molar-refractivity contribution in [2.24, 2.45) is 0 Å². The van der Waals surface area contributed by atoms with Gasteiger partial charge in [0.2, 0.25) is 11.7 Å². The molecule has 5 nitrogen and oxygen atoms in total. The average molecular weight is 284 g/mol. The number of benzene rings is 1. The van der Waals surface area contributed by atoms with Crippen molar-refractivity contribution in [3.63, 3.8) is 0 Å². The number of alkyl halides is 2. The fourth-order valence-corrected chi connectivity index (χ4v) is 1.74. The van der Waals surface area contributed by atoms with Crippen molar-refractivity contribution in [3.8, 4) is 17.1 Å². The zero-order valence-corrected chi connectivity index (χ0v) is 11.0. The van der Waals surface area contributed by atoms with Gasteiger partial charge >= 0.3 is 0 Å². The summed E-state index contributed by atoms with van der Waals surface area (Å²) in [6, 6.07) is 5.30. The van der Waals surface area contributed by atoms with Crippen LogP contribution in [0.5, 0.6) is 5.75 Å².